The topological polar surface area (TPSA) is 104 Å². The third kappa shape index (κ3) is 4.30. The van der Waals surface area contributed by atoms with Crippen molar-refractivity contribution in [2.45, 2.75) is 58.0 Å². The summed E-state index contributed by atoms with van der Waals surface area (Å²) in [5, 5.41) is 2.27. The first kappa shape index (κ1) is 22.8. The van der Waals surface area contributed by atoms with E-state index < -0.39 is 33.7 Å². The molecule has 0 bridgehead atoms. The van der Waals surface area contributed by atoms with Gasteiger partial charge in [0.1, 0.15) is 11.9 Å². The van der Waals surface area contributed by atoms with Crippen LogP contribution in [0.5, 0.6) is 0 Å². The van der Waals surface area contributed by atoms with Crippen LogP contribution in [-0.4, -0.2) is 60.2 Å². The van der Waals surface area contributed by atoms with Gasteiger partial charge in [-0.25, -0.2) is 17.1 Å². The number of hydrogen-bond donors (Lipinski definition) is 1. The second-order valence-corrected chi connectivity index (χ2v) is 11.3. The molecule has 3 amide bonds. The van der Waals surface area contributed by atoms with Crippen molar-refractivity contribution in [2.75, 3.05) is 18.8 Å². The molecule has 2 saturated heterocycles. The molecule has 174 valence electrons. The number of imide groups is 1. The number of carbonyl (C=O) groups is 3. The van der Waals surface area contributed by atoms with Crippen LogP contribution in [0.1, 0.15) is 66.9 Å². The van der Waals surface area contributed by atoms with E-state index in [-0.39, 0.29) is 48.4 Å². The van der Waals surface area contributed by atoms with E-state index in [2.05, 4.69) is 5.32 Å². The largest absolute Gasteiger partial charge is 0.322 e. The first-order valence-electron chi connectivity index (χ1n) is 11.0. The number of piperidine rings is 2. The zero-order valence-corrected chi connectivity index (χ0v) is 19.1. The summed E-state index contributed by atoms with van der Waals surface area (Å²) in [5.74, 6) is -1.73. The van der Waals surface area contributed by atoms with E-state index in [1.54, 1.807) is 0 Å². The summed E-state index contributed by atoms with van der Waals surface area (Å²) in [6.45, 7) is 4.63. The Morgan fingerprint density at radius 1 is 1.12 bits per heavy atom. The van der Waals surface area contributed by atoms with Gasteiger partial charge in [0.25, 0.3) is 5.91 Å². The second-order valence-electron chi connectivity index (χ2n) is 9.27. The molecular weight excluding hydrogens is 437 g/mol. The summed E-state index contributed by atoms with van der Waals surface area (Å²) < 4.78 is 41.1. The summed E-state index contributed by atoms with van der Waals surface area (Å²) in [4.78, 5) is 38.2. The van der Waals surface area contributed by atoms with E-state index >= 15 is 0 Å². The summed E-state index contributed by atoms with van der Waals surface area (Å²) in [7, 11) is -3.33. The molecule has 1 N–H and O–H groups in total. The van der Waals surface area contributed by atoms with Crippen molar-refractivity contribution in [2.24, 2.45) is 5.92 Å². The average Bonchev–Trinajstić information content (AvgIpc) is 3.03. The molecule has 1 aromatic carbocycles. The van der Waals surface area contributed by atoms with Gasteiger partial charge in [-0.1, -0.05) is 13.8 Å². The predicted molar refractivity (Wildman–Crippen MR) is 115 cm³/mol. The number of amides is 3. The van der Waals surface area contributed by atoms with Crippen LogP contribution in [0.3, 0.4) is 0 Å². The minimum absolute atomic E-state index is 0.0356. The van der Waals surface area contributed by atoms with Crippen LogP contribution in [0, 0.1) is 11.7 Å². The molecule has 0 spiro atoms. The highest BCUT2D eigenvalue weighted by atomic mass is 32.2. The third-order valence-corrected chi connectivity index (χ3v) is 8.73. The Labute approximate surface area is 187 Å². The van der Waals surface area contributed by atoms with Gasteiger partial charge < -0.3 is 4.90 Å². The Balaban J connectivity index is 1.54. The Bertz CT molecular complexity index is 1060. The van der Waals surface area contributed by atoms with Gasteiger partial charge in [0.15, 0.2) is 0 Å². The lowest BCUT2D eigenvalue weighted by Crippen LogP contribution is -2.52. The number of fused-ring (bicyclic) bond motifs is 1. The minimum atomic E-state index is -3.33. The second kappa shape index (κ2) is 8.55. The molecule has 4 rings (SSSR count). The molecule has 3 heterocycles. The molecule has 0 aromatic heterocycles. The van der Waals surface area contributed by atoms with E-state index in [4.69, 9.17) is 0 Å². The van der Waals surface area contributed by atoms with Gasteiger partial charge in [0.2, 0.25) is 21.8 Å². The van der Waals surface area contributed by atoms with Crippen molar-refractivity contribution >= 4 is 27.7 Å². The highest BCUT2D eigenvalue weighted by Crippen LogP contribution is 2.38. The van der Waals surface area contributed by atoms with Crippen LogP contribution in [0.2, 0.25) is 0 Å². The fourth-order valence-corrected chi connectivity index (χ4v) is 6.81. The fourth-order valence-electron chi connectivity index (χ4n) is 4.99. The van der Waals surface area contributed by atoms with Crippen LogP contribution in [0.25, 0.3) is 0 Å². The summed E-state index contributed by atoms with van der Waals surface area (Å²) in [6, 6.07) is 1.88. The fraction of sp³-hybridized carbons (Fsp3) is 0.591. The Hall–Kier alpha value is -2.33. The van der Waals surface area contributed by atoms with Crippen LogP contribution in [-0.2, 0) is 26.2 Å². The molecular formula is C22H28FN3O5S. The Morgan fingerprint density at radius 3 is 2.44 bits per heavy atom. The van der Waals surface area contributed by atoms with Gasteiger partial charge in [-0.15, -0.1) is 0 Å². The minimum Gasteiger partial charge on any atom is -0.322 e. The molecule has 3 aliphatic rings. The maximum absolute atomic E-state index is 14.5. The Kier molecular flexibility index (Phi) is 6.10. The first-order chi connectivity index (χ1) is 15.1. The first-order valence-corrected chi connectivity index (χ1v) is 12.6. The van der Waals surface area contributed by atoms with Gasteiger partial charge in [-0.3, -0.25) is 19.7 Å². The number of halogens is 1. The molecule has 1 aromatic rings. The van der Waals surface area contributed by atoms with E-state index in [1.165, 1.54) is 21.3 Å². The summed E-state index contributed by atoms with van der Waals surface area (Å²) in [6.07, 6.45) is 1.48. The molecule has 0 aliphatic carbocycles. The van der Waals surface area contributed by atoms with Crippen LogP contribution < -0.4 is 5.32 Å². The lowest BCUT2D eigenvalue weighted by Gasteiger charge is -2.33. The monoisotopic (exact) mass is 465 g/mol. The molecule has 10 heteroatoms. The number of hydrogen-bond acceptors (Lipinski definition) is 5. The number of nitrogens with zero attached hydrogens (tertiary/aromatic N) is 2. The van der Waals surface area contributed by atoms with Crippen LogP contribution >= 0.6 is 0 Å². The SMILES string of the molecule is CC(C)CS(=O)(=O)N1CCC(c2cc(F)cc3c2CN(C2CCC(=O)NC2=O)C3=O)CC1. The molecule has 1 atom stereocenters. The highest BCUT2D eigenvalue weighted by molar-refractivity contribution is 7.89. The highest BCUT2D eigenvalue weighted by Gasteiger charge is 2.41. The van der Waals surface area contributed by atoms with Gasteiger partial charge >= 0.3 is 0 Å². The van der Waals surface area contributed by atoms with E-state index in [0.29, 0.717) is 37.1 Å². The normalized spacial score (nSPS) is 23.1. The van der Waals surface area contributed by atoms with E-state index in [0.717, 1.165) is 0 Å². The summed E-state index contributed by atoms with van der Waals surface area (Å²) in [5.41, 5.74) is 1.66. The number of benzene rings is 1. The van der Waals surface area contributed by atoms with Gasteiger partial charge in [0, 0.05) is 31.6 Å². The smallest absolute Gasteiger partial charge is 0.255 e. The molecule has 3 aliphatic heterocycles. The maximum Gasteiger partial charge on any atom is 0.255 e. The van der Waals surface area contributed by atoms with Crippen LogP contribution in [0.15, 0.2) is 12.1 Å². The van der Waals surface area contributed by atoms with Gasteiger partial charge in [-0.05, 0) is 54.4 Å². The lowest BCUT2D eigenvalue weighted by molar-refractivity contribution is -0.136. The molecule has 32 heavy (non-hydrogen) atoms. The molecule has 0 radical (unpaired) electrons. The quantitative estimate of drug-likeness (QED) is 0.668. The lowest BCUT2D eigenvalue weighted by atomic mass is 9.86. The number of sulfonamides is 1. The molecule has 8 nitrogen and oxygen atoms in total. The third-order valence-electron chi connectivity index (χ3n) is 6.49. The molecule has 2 fully saturated rings. The van der Waals surface area contributed by atoms with E-state index in [1.807, 2.05) is 13.8 Å². The Morgan fingerprint density at radius 2 is 1.81 bits per heavy atom. The van der Waals surface area contributed by atoms with Crippen LogP contribution in [0.4, 0.5) is 4.39 Å². The number of nitrogens with one attached hydrogen (secondary N) is 1. The van der Waals surface area contributed by atoms with Crippen molar-refractivity contribution in [1.29, 1.82) is 0 Å². The molecule has 1 unspecified atom stereocenters. The zero-order valence-electron chi connectivity index (χ0n) is 18.3. The van der Waals surface area contributed by atoms with Crippen molar-refractivity contribution in [3.8, 4) is 0 Å². The predicted octanol–water partition coefficient (Wildman–Crippen LogP) is 1.75. The van der Waals surface area contributed by atoms with Gasteiger partial charge in [-0.2, -0.15) is 0 Å². The standard InChI is InChI=1S/C22H28FN3O5S/c1-13(2)12-32(30,31)25-7-5-14(6-8-25)16-9-15(23)10-17-18(16)11-26(22(17)29)19-3-4-20(27)24-21(19)28/h9-10,13-14,19H,3-8,11-12H2,1-2H3,(H,24,27,28). The zero-order chi connectivity index (χ0) is 23.2. The number of carbonyl (C=O) groups excluding carboxylic acids is 3. The van der Waals surface area contributed by atoms with Gasteiger partial charge in [0.05, 0.1) is 5.75 Å². The number of rotatable bonds is 5. The molecule has 0 saturated carbocycles. The summed E-state index contributed by atoms with van der Waals surface area (Å²) >= 11 is 0. The van der Waals surface area contributed by atoms with E-state index in [9.17, 15) is 27.2 Å². The van der Waals surface area contributed by atoms with Crippen molar-refractivity contribution in [1.82, 2.24) is 14.5 Å². The van der Waals surface area contributed by atoms with Crippen molar-refractivity contribution in [3.63, 3.8) is 0 Å². The van der Waals surface area contributed by atoms with Crippen molar-refractivity contribution < 1.29 is 27.2 Å². The van der Waals surface area contributed by atoms with Crippen molar-refractivity contribution in [3.05, 3.63) is 34.6 Å². The average molecular weight is 466 g/mol. The maximum atomic E-state index is 14.5.